The second-order valence-electron chi connectivity index (χ2n) is 5.66. The molecule has 1 aromatic rings. The lowest BCUT2D eigenvalue weighted by atomic mass is 9.85. The molecule has 1 aliphatic carbocycles. The molecule has 2 N–H and O–H groups in total. The zero-order valence-corrected chi connectivity index (χ0v) is 12.6. The molecule has 0 aromatic carbocycles. The van der Waals surface area contributed by atoms with Crippen molar-refractivity contribution in [2.24, 2.45) is 11.7 Å². The standard InChI is InChI=1S/C15H23N3S/c1-11-5-3-4-6-14(11)18(2)10-12-7-8-17-13(9-12)15(16)19/h7-9,11,14H,3-6,10H2,1-2H3,(H2,16,19). The maximum atomic E-state index is 5.63. The summed E-state index contributed by atoms with van der Waals surface area (Å²) >= 11 is 4.98. The summed E-state index contributed by atoms with van der Waals surface area (Å²) in [6, 6.07) is 4.74. The molecule has 1 fully saturated rings. The van der Waals surface area contributed by atoms with Crippen molar-refractivity contribution in [3.8, 4) is 0 Å². The van der Waals surface area contributed by atoms with Gasteiger partial charge in [0.1, 0.15) is 4.99 Å². The van der Waals surface area contributed by atoms with E-state index < -0.39 is 0 Å². The predicted molar refractivity (Wildman–Crippen MR) is 83.0 cm³/mol. The van der Waals surface area contributed by atoms with E-state index in [1.165, 1.54) is 31.2 Å². The number of nitrogens with zero attached hydrogens (tertiary/aromatic N) is 2. The molecule has 1 saturated carbocycles. The van der Waals surface area contributed by atoms with Gasteiger partial charge in [0, 0.05) is 18.8 Å². The van der Waals surface area contributed by atoms with Crippen LogP contribution in [-0.2, 0) is 6.54 Å². The molecule has 1 aromatic heterocycles. The van der Waals surface area contributed by atoms with Gasteiger partial charge in [0.15, 0.2) is 0 Å². The molecule has 2 unspecified atom stereocenters. The molecular formula is C15H23N3S. The van der Waals surface area contributed by atoms with Gasteiger partial charge in [-0.15, -0.1) is 0 Å². The SMILES string of the molecule is CC1CCCCC1N(C)Cc1ccnc(C(N)=S)c1. The van der Waals surface area contributed by atoms with Gasteiger partial charge in [-0.25, -0.2) is 0 Å². The van der Waals surface area contributed by atoms with Crippen molar-refractivity contribution in [1.29, 1.82) is 0 Å². The average molecular weight is 277 g/mol. The first-order chi connectivity index (χ1) is 9.08. The third kappa shape index (κ3) is 3.74. The molecule has 3 nitrogen and oxygen atoms in total. The maximum absolute atomic E-state index is 5.63. The fraction of sp³-hybridized carbons (Fsp3) is 0.600. The smallest absolute Gasteiger partial charge is 0.122 e. The van der Waals surface area contributed by atoms with Gasteiger partial charge in [-0.3, -0.25) is 9.88 Å². The van der Waals surface area contributed by atoms with Gasteiger partial charge >= 0.3 is 0 Å². The highest BCUT2D eigenvalue weighted by molar-refractivity contribution is 7.80. The second-order valence-corrected chi connectivity index (χ2v) is 6.10. The molecule has 0 aliphatic heterocycles. The molecule has 2 atom stereocenters. The molecule has 1 heterocycles. The minimum absolute atomic E-state index is 0.371. The topological polar surface area (TPSA) is 42.2 Å². The molecule has 0 radical (unpaired) electrons. The molecule has 0 saturated heterocycles. The minimum Gasteiger partial charge on any atom is -0.388 e. The predicted octanol–water partition coefficient (Wildman–Crippen LogP) is 2.73. The second kappa shape index (κ2) is 6.44. The van der Waals surface area contributed by atoms with E-state index in [1.54, 1.807) is 6.20 Å². The number of nitrogens with two attached hydrogens (primary N) is 1. The van der Waals surface area contributed by atoms with Crippen LogP contribution < -0.4 is 5.73 Å². The number of rotatable bonds is 4. The van der Waals surface area contributed by atoms with Crippen molar-refractivity contribution in [2.45, 2.75) is 45.2 Å². The van der Waals surface area contributed by atoms with Crippen molar-refractivity contribution < 1.29 is 0 Å². The Labute approximate surface area is 121 Å². The summed E-state index contributed by atoms with van der Waals surface area (Å²) in [5, 5.41) is 0. The van der Waals surface area contributed by atoms with Crippen molar-refractivity contribution >= 4 is 17.2 Å². The average Bonchev–Trinajstić information content (AvgIpc) is 2.39. The van der Waals surface area contributed by atoms with Crippen LogP contribution in [0.15, 0.2) is 18.3 Å². The van der Waals surface area contributed by atoms with E-state index >= 15 is 0 Å². The summed E-state index contributed by atoms with van der Waals surface area (Å²) in [5.41, 5.74) is 7.59. The lowest BCUT2D eigenvalue weighted by Gasteiger charge is -2.36. The molecular weight excluding hydrogens is 254 g/mol. The Bertz CT molecular complexity index is 447. The fourth-order valence-electron chi connectivity index (χ4n) is 3.06. The zero-order valence-electron chi connectivity index (χ0n) is 11.8. The molecule has 0 bridgehead atoms. The Balaban J connectivity index is 2.03. The lowest BCUT2D eigenvalue weighted by Crippen LogP contribution is -2.38. The van der Waals surface area contributed by atoms with Gasteiger partial charge in [0.2, 0.25) is 0 Å². The van der Waals surface area contributed by atoms with E-state index in [-0.39, 0.29) is 0 Å². The van der Waals surface area contributed by atoms with Crippen LogP contribution in [-0.4, -0.2) is 28.0 Å². The third-order valence-corrected chi connectivity index (χ3v) is 4.35. The maximum Gasteiger partial charge on any atom is 0.122 e. The fourth-order valence-corrected chi connectivity index (χ4v) is 3.18. The van der Waals surface area contributed by atoms with Crippen LogP contribution >= 0.6 is 12.2 Å². The Hall–Kier alpha value is -1.00. The van der Waals surface area contributed by atoms with Gasteiger partial charge in [0.25, 0.3) is 0 Å². The summed E-state index contributed by atoms with van der Waals surface area (Å²) in [5.74, 6) is 0.788. The van der Waals surface area contributed by atoms with Crippen LogP contribution in [0, 0.1) is 5.92 Å². The number of pyridine rings is 1. The molecule has 4 heteroatoms. The van der Waals surface area contributed by atoms with Gasteiger partial charge in [-0.05, 0) is 43.5 Å². The van der Waals surface area contributed by atoms with E-state index in [1.807, 2.05) is 12.1 Å². The summed E-state index contributed by atoms with van der Waals surface area (Å²) < 4.78 is 0. The molecule has 1 aliphatic rings. The van der Waals surface area contributed by atoms with E-state index in [4.69, 9.17) is 18.0 Å². The van der Waals surface area contributed by atoms with E-state index in [9.17, 15) is 0 Å². The molecule has 2 rings (SSSR count). The summed E-state index contributed by atoms with van der Waals surface area (Å²) in [4.78, 5) is 7.02. The number of aromatic nitrogens is 1. The largest absolute Gasteiger partial charge is 0.388 e. The first-order valence-electron chi connectivity index (χ1n) is 7.03. The third-order valence-electron chi connectivity index (χ3n) is 4.14. The van der Waals surface area contributed by atoms with Crippen LogP contribution in [0.1, 0.15) is 43.9 Å². The Morgan fingerprint density at radius 2 is 2.21 bits per heavy atom. The Kier molecular flexibility index (Phi) is 4.88. The lowest BCUT2D eigenvalue weighted by molar-refractivity contribution is 0.133. The van der Waals surface area contributed by atoms with Gasteiger partial charge in [-0.2, -0.15) is 0 Å². The van der Waals surface area contributed by atoms with Crippen LogP contribution in [0.3, 0.4) is 0 Å². The van der Waals surface area contributed by atoms with E-state index in [0.29, 0.717) is 11.0 Å². The normalized spacial score (nSPS) is 23.5. The van der Waals surface area contributed by atoms with Gasteiger partial charge < -0.3 is 5.73 Å². The monoisotopic (exact) mass is 277 g/mol. The van der Waals surface area contributed by atoms with Crippen LogP contribution in [0.4, 0.5) is 0 Å². The molecule has 104 valence electrons. The van der Waals surface area contributed by atoms with Crippen molar-refractivity contribution in [1.82, 2.24) is 9.88 Å². The van der Waals surface area contributed by atoms with Gasteiger partial charge in [0.05, 0.1) is 5.69 Å². The Morgan fingerprint density at radius 1 is 1.47 bits per heavy atom. The quantitative estimate of drug-likeness (QED) is 0.859. The number of hydrogen-bond donors (Lipinski definition) is 1. The first-order valence-corrected chi connectivity index (χ1v) is 7.43. The van der Waals surface area contributed by atoms with Crippen molar-refractivity contribution in [2.75, 3.05) is 7.05 Å². The van der Waals surface area contributed by atoms with Crippen molar-refractivity contribution in [3.05, 3.63) is 29.6 Å². The zero-order chi connectivity index (χ0) is 13.8. The highest BCUT2D eigenvalue weighted by Gasteiger charge is 2.24. The summed E-state index contributed by atoms with van der Waals surface area (Å²) in [6.07, 6.45) is 7.19. The Morgan fingerprint density at radius 3 is 2.89 bits per heavy atom. The molecule has 0 spiro atoms. The highest BCUT2D eigenvalue weighted by Crippen LogP contribution is 2.28. The molecule has 19 heavy (non-hydrogen) atoms. The van der Waals surface area contributed by atoms with Crippen LogP contribution in [0.2, 0.25) is 0 Å². The highest BCUT2D eigenvalue weighted by atomic mass is 32.1. The first kappa shape index (κ1) is 14.4. The van der Waals surface area contributed by atoms with E-state index in [2.05, 4.69) is 23.9 Å². The van der Waals surface area contributed by atoms with Crippen molar-refractivity contribution in [3.63, 3.8) is 0 Å². The number of hydrogen-bond acceptors (Lipinski definition) is 3. The minimum atomic E-state index is 0.371. The summed E-state index contributed by atoms with van der Waals surface area (Å²) in [7, 11) is 2.22. The summed E-state index contributed by atoms with van der Waals surface area (Å²) in [6.45, 7) is 3.31. The molecule has 0 amide bonds. The van der Waals surface area contributed by atoms with Gasteiger partial charge in [-0.1, -0.05) is 32.0 Å². The van der Waals surface area contributed by atoms with E-state index in [0.717, 1.165) is 18.2 Å². The van der Waals surface area contributed by atoms with Crippen LogP contribution in [0.5, 0.6) is 0 Å². The van der Waals surface area contributed by atoms with Crippen LogP contribution in [0.25, 0.3) is 0 Å². The number of thiocarbonyl (C=S) groups is 1.